The van der Waals surface area contributed by atoms with Crippen LogP contribution in [0.5, 0.6) is 11.5 Å². The molecule has 7 nitrogen and oxygen atoms in total. The molecular weight excluding hydrogens is 406 g/mol. The number of carbonyl (C=O) groups is 1. The van der Waals surface area contributed by atoms with Crippen LogP contribution in [0.4, 0.5) is 0 Å². The van der Waals surface area contributed by atoms with Gasteiger partial charge < -0.3 is 14.2 Å². The topological polar surface area (TPSA) is 86.3 Å². The van der Waals surface area contributed by atoms with Gasteiger partial charge >= 0.3 is 5.97 Å². The van der Waals surface area contributed by atoms with Crippen LogP contribution in [0.1, 0.15) is 23.0 Å². The number of H-pyrrole nitrogens is 1. The Bertz CT molecular complexity index is 1190. The summed E-state index contributed by atoms with van der Waals surface area (Å²) in [5, 5.41) is 10.6. The lowest BCUT2D eigenvalue weighted by molar-refractivity contribution is 0.0520. The maximum atomic E-state index is 12.2. The minimum absolute atomic E-state index is 0.139. The molecule has 0 saturated heterocycles. The van der Waals surface area contributed by atoms with E-state index >= 15 is 0 Å². The van der Waals surface area contributed by atoms with Crippen molar-refractivity contribution in [3.05, 3.63) is 84.1 Å². The maximum Gasteiger partial charge on any atom is 0.361 e. The Balaban J connectivity index is 1.53. The van der Waals surface area contributed by atoms with Crippen LogP contribution < -0.4 is 9.47 Å². The van der Waals surface area contributed by atoms with Crippen molar-refractivity contribution in [2.24, 2.45) is 0 Å². The number of hydrogen-bond acceptors (Lipinski definition) is 6. The van der Waals surface area contributed by atoms with Gasteiger partial charge in [-0.1, -0.05) is 42.5 Å². The lowest BCUT2D eigenvalue weighted by Crippen LogP contribution is -2.07. The number of ether oxygens (including phenoxy) is 3. The Morgan fingerprint density at radius 3 is 2.34 bits per heavy atom. The van der Waals surface area contributed by atoms with Crippen LogP contribution in [0.3, 0.4) is 0 Å². The molecule has 0 aliphatic rings. The molecule has 32 heavy (non-hydrogen) atoms. The third-order valence-corrected chi connectivity index (χ3v) is 4.93. The molecule has 1 heterocycles. The van der Waals surface area contributed by atoms with Gasteiger partial charge in [-0.25, -0.2) is 4.79 Å². The van der Waals surface area contributed by atoms with E-state index in [-0.39, 0.29) is 18.9 Å². The van der Waals surface area contributed by atoms with Gasteiger partial charge in [-0.2, -0.15) is 10.3 Å². The molecule has 0 radical (unpaired) electrons. The first-order chi connectivity index (χ1) is 15.7. The molecule has 0 bridgehead atoms. The summed E-state index contributed by atoms with van der Waals surface area (Å²) in [6.45, 7) is 2.29. The van der Waals surface area contributed by atoms with E-state index in [0.29, 0.717) is 17.0 Å². The minimum atomic E-state index is -0.525. The highest BCUT2D eigenvalue weighted by atomic mass is 16.5. The van der Waals surface area contributed by atoms with Gasteiger partial charge in [0.15, 0.2) is 5.69 Å². The molecule has 0 aliphatic heterocycles. The van der Waals surface area contributed by atoms with Gasteiger partial charge in [0.25, 0.3) is 0 Å². The summed E-state index contributed by atoms with van der Waals surface area (Å²) in [6.07, 6.45) is 0. The first-order valence-electron chi connectivity index (χ1n) is 10.2. The molecular formula is C25H23N3O4. The number of methoxy groups -OCH3 is 1. The summed E-state index contributed by atoms with van der Waals surface area (Å²) in [5.41, 5.74) is 4.35. The Morgan fingerprint density at radius 2 is 1.62 bits per heavy atom. The van der Waals surface area contributed by atoms with Crippen LogP contribution >= 0.6 is 0 Å². The summed E-state index contributed by atoms with van der Waals surface area (Å²) >= 11 is 0. The standard InChI is InChI=1S/C25H23N3O4/c1-3-31-25(29)24-23(26-28-27-24)19-11-14-22(30-2)20(15-19)16-32-21-12-9-18(10-13-21)17-7-5-4-6-8-17/h4-15H,3,16H2,1-2H3,(H,26,27,28). The van der Waals surface area contributed by atoms with Crippen molar-refractivity contribution in [3.63, 3.8) is 0 Å². The molecule has 4 rings (SSSR count). The number of nitrogens with one attached hydrogen (secondary N) is 1. The van der Waals surface area contributed by atoms with Crippen LogP contribution in [0.15, 0.2) is 72.8 Å². The average Bonchev–Trinajstić information content (AvgIpc) is 3.34. The van der Waals surface area contributed by atoms with Crippen molar-refractivity contribution in [2.45, 2.75) is 13.5 Å². The zero-order chi connectivity index (χ0) is 22.3. The fourth-order valence-electron chi connectivity index (χ4n) is 3.35. The number of esters is 1. The second-order valence-corrected chi connectivity index (χ2v) is 6.95. The predicted molar refractivity (Wildman–Crippen MR) is 121 cm³/mol. The number of benzene rings is 3. The molecule has 162 valence electrons. The summed E-state index contributed by atoms with van der Waals surface area (Å²) < 4.78 is 16.5. The zero-order valence-corrected chi connectivity index (χ0v) is 17.9. The van der Waals surface area contributed by atoms with Gasteiger partial charge in [0.2, 0.25) is 0 Å². The first-order valence-corrected chi connectivity index (χ1v) is 10.2. The lowest BCUT2D eigenvalue weighted by atomic mass is 10.1. The van der Waals surface area contributed by atoms with Crippen molar-refractivity contribution in [1.82, 2.24) is 15.4 Å². The normalized spacial score (nSPS) is 10.6. The number of aromatic amines is 1. The van der Waals surface area contributed by atoms with Crippen molar-refractivity contribution < 1.29 is 19.0 Å². The third kappa shape index (κ3) is 4.62. The van der Waals surface area contributed by atoms with E-state index in [1.807, 2.05) is 60.7 Å². The van der Waals surface area contributed by atoms with E-state index in [0.717, 1.165) is 22.4 Å². The Morgan fingerprint density at radius 1 is 0.906 bits per heavy atom. The summed E-state index contributed by atoms with van der Waals surface area (Å²) in [5.74, 6) is 0.894. The highest BCUT2D eigenvalue weighted by Gasteiger charge is 2.20. The SMILES string of the molecule is CCOC(=O)c1n[nH]nc1-c1ccc(OC)c(COc2ccc(-c3ccccc3)cc2)c1. The molecule has 0 unspecified atom stereocenters. The summed E-state index contributed by atoms with van der Waals surface area (Å²) in [6, 6.07) is 23.6. The van der Waals surface area contributed by atoms with Crippen LogP contribution in [0.25, 0.3) is 22.4 Å². The Labute approximate surface area is 186 Å². The van der Waals surface area contributed by atoms with Crippen LogP contribution in [-0.2, 0) is 11.3 Å². The molecule has 1 aromatic heterocycles. The van der Waals surface area contributed by atoms with Crippen molar-refractivity contribution in [1.29, 1.82) is 0 Å². The molecule has 0 spiro atoms. The number of rotatable bonds is 8. The molecule has 7 heteroatoms. The molecule has 3 aromatic carbocycles. The first kappa shape index (κ1) is 21.1. The van der Waals surface area contributed by atoms with Gasteiger partial charge in [-0.05, 0) is 48.4 Å². The van der Waals surface area contributed by atoms with Gasteiger partial charge in [-0.15, -0.1) is 5.10 Å². The van der Waals surface area contributed by atoms with E-state index in [4.69, 9.17) is 14.2 Å². The summed E-state index contributed by atoms with van der Waals surface area (Å²) in [7, 11) is 1.60. The lowest BCUT2D eigenvalue weighted by Gasteiger charge is -2.12. The highest BCUT2D eigenvalue weighted by Crippen LogP contribution is 2.29. The largest absolute Gasteiger partial charge is 0.496 e. The van der Waals surface area contributed by atoms with Crippen LogP contribution in [0.2, 0.25) is 0 Å². The van der Waals surface area contributed by atoms with E-state index in [1.165, 1.54) is 0 Å². The molecule has 0 atom stereocenters. The second kappa shape index (κ2) is 9.78. The fraction of sp³-hybridized carbons (Fsp3) is 0.160. The van der Waals surface area contributed by atoms with E-state index < -0.39 is 5.97 Å². The van der Waals surface area contributed by atoms with Crippen molar-refractivity contribution in [3.8, 4) is 33.9 Å². The van der Waals surface area contributed by atoms with Crippen molar-refractivity contribution in [2.75, 3.05) is 13.7 Å². The Kier molecular flexibility index (Phi) is 6.46. The number of carbonyl (C=O) groups excluding carboxylic acids is 1. The molecule has 0 saturated carbocycles. The molecule has 0 aliphatic carbocycles. The van der Waals surface area contributed by atoms with Gasteiger partial charge in [0, 0.05) is 11.1 Å². The van der Waals surface area contributed by atoms with Gasteiger partial charge in [0.05, 0.1) is 13.7 Å². The van der Waals surface area contributed by atoms with Gasteiger partial charge in [-0.3, -0.25) is 0 Å². The number of nitrogens with zero attached hydrogens (tertiary/aromatic N) is 2. The molecule has 1 N–H and O–H groups in total. The van der Waals surface area contributed by atoms with Crippen LogP contribution in [-0.4, -0.2) is 35.1 Å². The highest BCUT2D eigenvalue weighted by molar-refractivity contribution is 5.94. The van der Waals surface area contributed by atoms with E-state index in [9.17, 15) is 4.79 Å². The van der Waals surface area contributed by atoms with Crippen LogP contribution in [0, 0.1) is 0 Å². The summed E-state index contributed by atoms with van der Waals surface area (Å²) in [4.78, 5) is 12.2. The van der Waals surface area contributed by atoms with E-state index in [2.05, 4.69) is 27.5 Å². The minimum Gasteiger partial charge on any atom is -0.496 e. The molecule has 0 fully saturated rings. The monoisotopic (exact) mass is 429 g/mol. The van der Waals surface area contributed by atoms with Gasteiger partial charge in [0.1, 0.15) is 23.8 Å². The third-order valence-electron chi connectivity index (χ3n) is 4.93. The fourth-order valence-corrected chi connectivity index (χ4v) is 3.35. The molecule has 0 amide bonds. The van der Waals surface area contributed by atoms with E-state index in [1.54, 1.807) is 14.0 Å². The Hall–Kier alpha value is -4.13. The second-order valence-electron chi connectivity index (χ2n) is 6.95. The molecule has 4 aromatic rings. The predicted octanol–water partition coefficient (Wildman–Crippen LogP) is 4.90. The number of aromatic nitrogens is 3. The maximum absolute atomic E-state index is 12.2. The smallest absolute Gasteiger partial charge is 0.361 e. The average molecular weight is 429 g/mol. The zero-order valence-electron chi connectivity index (χ0n) is 17.9. The van der Waals surface area contributed by atoms with Crippen molar-refractivity contribution >= 4 is 5.97 Å². The quantitative estimate of drug-likeness (QED) is 0.401. The number of hydrogen-bond donors (Lipinski definition) is 1.